The molecule has 0 fully saturated rings. The van der Waals surface area contributed by atoms with Crippen LogP contribution in [0.5, 0.6) is 0 Å². The Morgan fingerprint density at radius 2 is 0.689 bits per heavy atom. The zero-order chi connectivity index (χ0) is 30.0. The van der Waals surface area contributed by atoms with E-state index in [1.54, 1.807) is 0 Å². The van der Waals surface area contributed by atoms with Gasteiger partial charge in [0.05, 0.1) is 5.69 Å². The SMILES string of the molecule is c1ccc(-c2cc(-c3ccccc3)cc(-c3ccc(N(c4ccccc4)c4cc5ccccc5c5ccccc45)cc3)c2)cc1. The van der Waals surface area contributed by atoms with Crippen LogP contribution in [0.15, 0.2) is 188 Å². The predicted molar refractivity (Wildman–Crippen MR) is 192 cm³/mol. The summed E-state index contributed by atoms with van der Waals surface area (Å²) in [5.41, 5.74) is 10.7. The maximum Gasteiger partial charge on any atom is 0.0546 e. The molecule has 0 aromatic heterocycles. The average molecular weight is 574 g/mol. The third-order valence-electron chi connectivity index (χ3n) is 8.61. The van der Waals surface area contributed by atoms with Crippen molar-refractivity contribution in [1.29, 1.82) is 0 Å². The van der Waals surface area contributed by atoms with E-state index in [4.69, 9.17) is 0 Å². The molecule has 1 nitrogen and oxygen atoms in total. The maximum absolute atomic E-state index is 2.38. The highest BCUT2D eigenvalue weighted by molar-refractivity contribution is 6.14. The minimum absolute atomic E-state index is 1.12. The molecule has 0 radical (unpaired) electrons. The molecule has 0 bridgehead atoms. The van der Waals surface area contributed by atoms with Gasteiger partial charge in [0.2, 0.25) is 0 Å². The Hall–Kier alpha value is -5.92. The molecule has 0 aliphatic rings. The molecular weight excluding hydrogens is 542 g/mol. The first kappa shape index (κ1) is 26.7. The summed E-state index contributed by atoms with van der Waals surface area (Å²) in [6, 6.07) is 67.6. The molecular formula is C44H31N. The number of rotatable bonds is 6. The van der Waals surface area contributed by atoms with Gasteiger partial charge in [0.15, 0.2) is 0 Å². The fraction of sp³-hybridized carbons (Fsp3) is 0. The van der Waals surface area contributed by atoms with E-state index >= 15 is 0 Å². The van der Waals surface area contributed by atoms with Gasteiger partial charge in [-0.2, -0.15) is 0 Å². The topological polar surface area (TPSA) is 3.24 Å². The molecule has 0 amide bonds. The summed E-state index contributed by atoms with van der Waals surface area (Å²) < 4.78 is 0. The Kier molecular flexibility index (Phi) is 6.90. The number of nitrogens with zero attached hydrogens (tertiary/aromatic N) is 1. The Bertz CT molecular complexity index is 2180. The van der Waals surface area contributed by atoms with E-state index in [1.165, 1.54) is 60.6 Å². The van der Waals surface area contributed by atoms with Gasteiger partial charge in [0.1, 0.15) is 0 Å². The van der Waals surface area contributed by atoms with E-state index in [0.29, 0.717) is 0 Å². The molecule has 8 aromatic rings. The Morgan fingerprint density at radius 3 is 1.27 bits per heavy atom. The van der Waals surface area contributed by atoms with Crippen LogP contribution >= 0.6 is 0 Å². The highest BCUT2D eigenvalue weighted by atomic mass is 15.1. The van der Waals surface area contributed by atoms with Gasteiger partial charge in [-0.3, -0.25) is 0 Å². The van der Waals surface area contributed by atoms with Crippen molar-refractivity contribution in [3.8, 4) is 33.4 Å². The lowest BCUT2D eigenvalue weighted by Crippen LogP contribution is -2.10. The number of benzene rings is 8. The van der Waals surface area contributed by atoms with Crippen molar-refractivity contribution in [3.63, 3.8) is 0 Å². The van der Waals surface area contributed by atoms with Crippen LogP contribution in [0, 0.1) is 0 Å². The first-order valence-electron chi connectivity index (χ1n) is 15.4. The van der Waals surface area contributed by atoms with Crippen LogP contribution < -0.4 is 4.90 Å². The highest BCUT2D eigenvalue weighted by Gasteiger charge is 2.17. The lowest BCUT2D eigenvalue weighted by atomic mass is 9.93. The monoisotopic (exact) mass is 573 g/mol. The summed E-state index contributed by atoms with van der Waals surface area (Å²) in [7, 11) is 0. The van der Waals surface area contributed by atoms with Crippen LogP contribution in [0.4, 0.5) is 17.1 Å². The zero-order valence-corrected chi connectivity index (χ0v) is 24.8. The van der Waals surface area contributed by atoms with E-state index in [-0.39, 0.29) is 0 Å². The Morgan fingerprint density at radius 1 is 0.267 bits per heavy atom. The molecule has 1 heteroatoms. The van der Waals surface area contributed by atoms with Gasteiger partial charge in [-0.25, -0.2) is 0 Å². The molecule has 0 spiro atoms. The number of fused-ring (bicyclic) bond motifs is 3. The molecule has 0 unspecified atom stereocenters. The molecule has 212 valence electrons. The molecule has 0 heterocycles. The van der Waals surface area contributed by atoms with Crippen molar-refractivity contribution in [1.82, 2.24) is 0 Å². The van der Waals surface area contributed by atoms with Gasteiger partial charge in [-0.15, -0.1) is 0 Å². The van der Waals surface area contributed by atoms with Crippen LogP contribution in [-0.4, -0.2) is 0 Å². The highest BCUT2D eigenvalue weighted by Crippen LogP contribution is 2.42. The van der Waals surface area contributed by atoms with Crippen LogP contribution in [0.2, 0.25) is 0 Å². The van der Waals surface area contributed by atoms with E-state index in [2.05, 4.69) is 193 Å². The minimum atomic E-state index is 1.12. The second-order valence-corrected chi connectivity index (χ2v) is 11.4. The molecule has 0 atom stereocenters. The van der Waals surface area contributed by atoms with Crippen molar-refractivity contribution in [2.45, 2.75) is 0 Å². The van der Waals surface area contributed by atoms with Gasteiger partial charge >= 0.3 is 0 Å². The second kappa shape index (κ2) is 11.6. The molecule has 45 heavy (non-hydrogen) atoms. The summed E-state index contributed by atoms with van der Waals surface area (Å²) in [6.07, 6.45) is 0. The summed E-state index contributed by atoms with van der Waals surface area (Å²) in [4.78, 5) is 2.38. The molecule has 8 rings (SSSR count). The van der Waals surface area contributed by atoms with E-state index in [0.717, 1.165) is 11.4 Å². The molecule has 8 aromatic carbocycles. The summed E-state index contributed by atoms with van der Waals surface area (Å²) in [6.45, 7) is 0. The fourth-order valence-electron chi connectivity index (χ4n) is 6.42. The maximum atomic E-state index is 2.38. The lowest BCUT2D eigenvalue weighted by Gasteiger charge is -2.27. The van der Waals surface area contributed by atoms with Gasteiger partial charge < -0.3 is 4.90 Å². The van der Waals surface area contributed by atoms with Crippen LogP contribution in [0.3, 0.4) is 0 Å². The molecule has 0 N–H and O–H groups in total. The molecule has 0 saturated heterocycles. The zero-order valence-electron chi connectivity index (χ0n) is 24.8. The van der Waals surface area contributed by atoms with Crippen LogP contribution in [0.1, 0.15) is 0 Å². The van der Waals surface area contributed by atoms with Gasteiger partial charge in [-0.1, -0.05) is 140 Å². The predicted octanol–water partition coefficient (Wildman–Crippen LogP) is 12.5. The fourth-order valence-corrected chi connectivity index (χ4v) is 6.42. The van der Waals surface area contributed by atoms with Crippen molar-refractivity contribution in [2.75, 3.05) is 4.90 Å². The largest absolute Gasteiger partial charge is 0.310 e. The van der Waals surface area contributed by atoms with Gasteiger partial charge in [0.25, 0.3) is 0 Å². The minimum Gasteiger partial charge on any atom is -0.310 e. The summed E-state index contributed by atoms with van der Waals surface area (Å²) in [5.74, 6) is 0. The quantitative estimate of drug-likeness (QED) is 0.179. The van der Waals surface area contributed by atoms with Crippen LogP contribution in [0.25, 0.3) is 54.9 Å². The van der Waals surface area contributed by atoms with E-state index in [9.17, 15) is 0 Å². The van der Waals surface area contributed by atoms with Gasteiger partial charge in [0, 0.05) is 16.8 Å². The number of para-hydroxylation sites is 1. The molecule has 0 aliphatic carbocycles. The van der Waals surface area contributed by atoms with E-state index < -0.39 is 0 Å². The normalized spacial score (nSPS) is 11.1. The Balaban J connectivity index is 1.27. The number of anilines is 3. The summed E-state index contributed by atoms with van der Waals surface area (Å²) >= 11 is 0. The third kappa shape index (κ3) is 5.15. The summed E-state index contributed by atoms with van der Waals surface area (Å²) in [5, 5.41) is 4.99. The Labute approximate surface area is 264 Å². The van der Waals surface area contributed by atoms with Gasteiger partial charge in [-0.05, 0) is 98.1 Å². The number of hydrogen-bond donors (Lipinski definition) is 0. The van der Waals surface area contributed by atoms with Crippen molar-refractivity contribution >= 4 is 38.6 Å². The van der Waals surface area contributed by atoms with Crippen molar-refractivity contribution in [3.05, 3.63) is 188 Å². The first-order chi connectivity index (χ1) is 22.3. The standard InChI is InChI=1S/C44H31N/c1-4-14-32(15-5-1)36-28-37(33-16-6-2-7-17-33)30-38(29-36)34-24-26-40(27-25-34)45(39-19-8-3-9-20-39)44-31-35-18-10-11-21-41(35)42-22-12-13-23-43(42)44/h1-31H. The van der Waals surface area contributed by atoms with E-state index in [1.807, 2.05) is 0 Å². The van der Waals surface area contributed by atoms with Crippen molar-refractivity contribution < 1.29 is 0 Å². The molecule has 0 aliphatic heterocycles. The first-order valence-corrected chi connectivity index (χ1v) is 15.4. The number of hydrogen-bond acceptors (Lipinski definition) is 1. The average Bonchev–Trinajstić information content (AvgIpc) is 3.13. The third-order valence-corrected chi connectivity index (χ3v) is 8.61. The smallest absolute Gasteiger partial charge is 0.0546 e. The lowest BCUT2D eigenvalue weighted by molar-refractivity contribution is 1.30. The van der Waals surface area contributed by atoms with Crippen molar-refractivity contribution in [2.24, 2.45) is 0 Å². The van der Waals surface area contributed by atoms with Crippen LogP contribution in [-0.2, 0) is 0 Å². The molecule has 0 saturated carbocycles. The second-order valence-electron chi connectivity index (χ2n) is 11.4.